The van der Waals surface area contributed by atoms with Gasteiger partial charge in [-0.15, -0.1) is 0 Å². The second kappa shape index (κ2) is 8.62. The second-order valence-corrected chi connectivity index (χ2v) is 8.28. The molecule has 0 bridgehead atoms. The Balaban J connectivity index is 1.38. The number of benzene rings is 3. The Morgan fingerprint density at radius 3 is 2.56 bits per heavy atom. The Morgan fingerprint density at radius 1 is 1.03 bits per heavy atom. The molecule has 1 aliphatic heterocycles. The van der Waals surface area contributed by atoms with Crippen LogP contribution in [0.4, 0.5) is 19.3 Å². The van der Waals surface area contributed by atoms with Gasteiger partial charge >= 0.3 is 6.03 Å². The molecule has 0 saturated heterocycles. The normalized spacial score (nSPS) is 13.3. The lowest BCUT2D eigenvalue weighted by Gasteiger charge is -2.35. The van der Waals surface area contributed by atoms with Gasteiger partial charge in [-0.05, 0) is 47.5 Å². The SMILES string of the molecule is CN1Cc2ccc(C(=O)NCc3cc4ccccc4o3)cc2N(Cc2cc(F)cc(F)c2)C1=O. The molecule has 0 spiro atoms. The quantitative estimate of drug-likeness (QED) is 0.444. The molecule has 0 saturated carbocycles. The van der Waals surface area contributed by atoms with Crippen LogP contribution in [0.3, 0.4) is 0 Å². The predicted molar refractivity (Wildman–Crippen MR) is 123 cm³/mol. The van der Waals surface area contributed by atoms with Gasteiger partial charge in [-0.25, -0.2) is 13.6 Å². The zero-order valence-corrected chi connectivity index (χ0v) is 18.3. The number of anilines is 1. The fraction of sp³-hybridized carbons (Fsp3) is 0.154. The first-order valence-corrected chi connectivity index (χ1v) is 10.7. The van der Waals surface area contributed by atoms with E-state index in [4.69, 9.17) is 4.42 Å². The summed E-state index contributed by atoms with van der Waals surface area (Å²) in [5, 5.41) is 3.79. The maximum Gasteiger partial charge on any atom is 0.324 e. The summed E-state index contributed by atoms with van der Waals surface area (Å²) in [5.74, 6) is -1.14. The zero-order valence-electron chi connectivity index (χ0n) is 18.3. The standard InChI is InChI=1S/C26H21F2N3O3/c1-30-15-19-7-6-18(25(32)29-13-22-10-17-4-2-3-5-24(17)34-22)11-23(19)31(26(30)33)14-16-8-20(27)12-21(28)9-16/h2-12H,13-15H2,1H3,(H,29,32). The van der Waals surface area contributed by atoms with Crippen LogP contribution in [0.1, 0.15) is 27.2 Å². The number of halogens is 2. The van der Waals surface area contributed by atoms with E-state index in [1.807, 2.05) is 30.3 Å². The van der Waals surface area contributed by atoms with E-state index >= 15 is 0 Å². The van der Waals surface area contributed by atoms with Gasteiger partial charge in [-0.1, -0.05) is 24.3 Å². The molecule has 0 atom stereocenters. The highest BCUT2D eigenvalue weighted by molar-refractivity contribution is 5.99. The van der Waals surface area contributed by atoms with Crippen LogP contribution in [0.25, 0.3) is 11.0 Å². The molecule has 172 valence electrons. The molecule has 3 amide bonds. The van der Waals surface area contributed by atoms with Gasteiger partial charge in [0, 0.05) is 30.6 Å². The van der Waals surface area contributed by atoms with Gasteiger partial charge in [0.25, 0.3) is 5.91 Å². The Labute approximate surface area is 194 Å². The van der Waals surface area contributed by atoms with E-state index < -0.39 is 11.6 Å². The van der Waals surface area contributed by atoms with Crippen LogP contribution in [0.15, 0.2) is 71.1 Å². The highest BCUT2D eigenvalue weighted by Gasteiger charge is 2.29. The molecule has 0 radical (unpaired) electrons. The monoisotopic (exact) mass is 461 g/mol. The first-order chi connectivity index (χ1) is 16.4. The average Bonchev–Trinajstić information content (AvgIpc) is 3.23. The minimum absolute atomic E-state index is 0.0328. The number of hydrogen-bond donors (Lipinski definition) is 1. The minimum atomic E-state index is -0.716. The van der Waals surface area contributed by atoms with Crippen LogP contribution in [-0.4, -0.2) is 23.9 Å². The third-order valence-corrected chi connectivity index (χ3v) is 5.77. The number of hydrogen-bond acceptors (Lipinski definition) is 3. The van der Waals surface area contributed by atoms with Crippen LogP contribution < -0.4 is 10.2 Å². The topological polar surface area (TPSA) is 65.8 Å². The zero-order chi connectivity index (χ0) is 23.8. The molecule has 34 heavy (non-hydrogen) atoms. The largest absolute Gasteiger partial charge is 0.459 e. The van der Waals surface area contributed by atoms with E-state index in [1.54, 1.807) is 25.2 Å². The smallest absolute Gasteiger partial charge is 0.324 e. The fourth-order valence-electron chi connectivity index (χ4n) is 4.15. The van der Waals surface area contributed by atoms with Crippen molar-refractivity contribution in [2.75, 3.05) is 11.9 Å². The number of carbonyl (C=O) groups excluding carboxylic acids is 2. The van der Waals surface area contributed by atoms with Gasteiger partial charge in [0.15, 0.2) is 0 Å². The van der Waals surface area contributed by atoms with Crippen molar-refractivity contribution >= 4 is 28.6 Å². The molecule has 1 aliphatic rings. The number of furan rings is 1. The number of carbonyl (C=O) groups is 2. The van der Waals surface area contributed by atoms with Gasteiger partial charge in [-0.2, -0.15) is 0 Å². The van der Waals surface area contributed by atoms with Crippen molar-refractivity contribution in [3.63, 3.8) is 0 Å². The highest BCUT2D eigenvalue weighted by Crippen LogP contribution is 2.31. The van der Waals surface area contributed by atoms with Crippen molar-refractivity contribution in [3.8, 4) is 0 Å². The fourth-order valence-corrected chi connectivity index (χ4v) is 4.15. The molecule has 1 aromatic heterocycles. The van der Waals surface area contributed by atoms with Gasteiger partial charge in [0.2, 0.25) is 0 Å². The van der Waals surface area contributed by atoms with Crippen LogP contribution in [0.5, 0.6) is 0 Å². The summed E-state index contributed by atoms with van der Waals surface area (Å²) in [6.45, 7) is 0.538. The summed E-state index contributed by atoms with van der Waals surface area (Å²) in [5.41, 5.74) is 2.78. The number of urea groups is 1. The van der Waals surface area contributed by atoms with Crippen LogP contribution in [0, 0.1) is 11.6 Å². The minimum Gasteiger partial charge on any atom is -0.459 e. The summed E-state index contributed by atoms with van der Waals surface area (Å²) in [4.78, 5) is 28.7. The molecule has 1 N–H and O–H groups in total. The Morgan fingerprint density at radius 2 is 1.79 bits per heavy atom. The Kier molecular flexibility index (Phi) is 5.49. The van der Waals surface area contributed by atoms with Crippen molar-refractivity contribution < 1.29 is 22.8 Å². The third kappa shape index (κ3) is 4.22. The summed E-state index contributed by atoms with van der Waals surface area (Å²) in [7, 11) is 1.65. The van der Waals surface area contributed by atoms with Gasteiger partial charge < -0.3 is 14.6 Å². The van der Waals surface area contributed by atoms with E-state index in [-0.39, 0.29) is 25.0 Å². The lowest BCUT2D eigenvalue weighted by atomic mass is 10.0. The second-order valence-electron chi connectivity index (χ2n) is 8.28. The first kappa shape index (κ1) is 21.6. The number of nitrogens with one attached hydrogen (secondary N) is 1. The summed E-state index contributed by atoms with van der Waals surface area (Å²) in [6, 6.07) is 17.4. The molecule has 8 heteroatoms. The predicted octanol–water partition coefficient (Wildman–Crippen LogP) is 5.21. The number of para-hydroxylation sites is 1. The van der Waals surface area contributed by atoms with E-state index in [0.29, 0.717) is 29.1 Å². The van der Waals surface area contributed by atoms with Crippen molar-refractivity contribution in [2.24, 2.45) is 0 Å². The molecule has 0 aliphatic carbocycles. The van der Waals surface area contributed by atoms with Crippen molar-refractivity contribution in [1.29, 1.82) is 0 Å². The maximum atomic E-state index is 13.7. The number of rotatable bonds is 5. The lowest BCUT2D eigenvalue weighted by molar-refractivity contribution is 0.0948. The molecule has 0 fully saturated rings. The van der Waals surface area contributed by atoms with Crippen molar-refractivity contribution in [1.82, 2.24) is 10.2 Å². The molecular weight excluding hydrogens is 440 g/mol. The molecule has 3 aromatic carbocycles. The highest BCUT2D eigenvalue weighted by atomic mass is 19.1. The molecular formula is C26H21F2N3O3. The Bertz CT molecular complexity index is 1360. The summed E-state index contributed by atoms with van der Waals surface area (Å²) in [6.07, 6.45) is 0. The van der Waals surface area contributed by atoms with Gasteiger partial charge in [0.1, 0.15) is 23.0 Å². The molecule has 5 rings (SSSR count). The molecule has 6 nitrogen and oxygen atoms in total. The van der Waals surface area contributed by atoms with E-state index in [1.165, 1.54) is 21.9 Å². The van der Waals surface area contributed by atoms with Crippen molar-refractivity contribution in [2.45, 2.75) is 19.6 Å². The van der Waals surface area contributed by atoms with E-state index in [9.17, 15) is 18.4 Å². The van der Waals surface area contributed by atoms with Crippen LogP contribution in [0.2, 0.25) is 0 Å². The molecule has 2 heterocycles. The third-order valence-electron chi connectivity index (χ3n) is 5.77. The lowest BCUT2D eigenvalue weighted by Crippen LogP contribution is -2.45. The van der Waals surface area contributed by atoms with E-state index in [0.717, 1.165) is 22.6 Å². The van der Waals surface area contributed by atoms with E-state index in [2.05, 4.69) is 5.32 Å². The number of nitrogens with zero attached hydrogens (tertiary/aromatic N) is 2. The van der Waals surface area contributed by atoms with Gasteiger partial charge in [-0.3, -0.25) is 9.69 Å². The maximum absolute atomic E-state index is 13.7. The summed E-state index contributed by atoms with van der Waals surface area (Å²) >= 11 is 0. The number of fused-ring (bicyclic) bond motifs is 2. The van der Waals surface area contributed by atoms with Gasteiger partial charge in [0.05, 0.1) is 18.8 Å². The van der Waals surface area contributed by atoms with Crippen molar-refractivity contribution in [3.05, 3.63) is 101 Å². The summed E-state index contributed by atoms with van der Waals surface area (Å²) < 4.78 is 33.1. The van der Waals surface area contributed by atoms with Crippen LogP contribution >= 0.6 is 0 Å². The molecule has 0 unspecified atom stereocenters. The van der Waals surface area contributed by atoms with Crippen LogP contribution in [-0.2, 0) is 19.6 Å². The Hall–Kier alpha value is -4.20. The molecule has 4 aromatic rings. The average molecular weight is 461 g/mol. The first-order valence-electron chi connectivity index (χ1n) is 10.7. The number of amides is 3.